The molecule has 0 unspecified atom stereocenters. The van der Waals surface area contributed by atoms with Gasteiger partial charge in [0.05, 0.1) is 0 Å². The van der Waals surface area contributed by atoms with Gasteiger partial charge in [-0.25, -0.2) is 4.39 Å². The molecule has 2 nitrogen and oxygen atoms in total. The highest BCUT2D eigenvalue weighted by Gasteiger charge is 1.99. The Morgan fingerprint density at radius 2 is 2.33 bits per heavy atom. The van der Waals surface area contributed by atoms with Gasteiger partial charge in [0.15, 0.2) is 6.67 Å². The highest BCUT2D eigenvalue weighted by molar-refractivity contribution is 14.1. The van der Waals surface area contributed by atoms with Crippen LogP contribution in [0.5, 0.6) is 0 Å². The maximum Gasteiger partial charge on any atom is 0.255 e. The summed E-state index contributed by atoms with van der Waals surface area (Å²) in [6.45, 7) is -0.981. The molecule has 1 rings (SSSR count). The number of carbonyl (C=O) groups excluding carboxylic acids is 1. The summed E-state index contributed by atoms with van der Waals surface area (Å²) in [5, 5.41) is 2.41. The van der Waals surface area contributed by atoms with Crippen LogP contribution >= 0.6 is 22.6 Å². The smallest absolute Gasteiger partial charge is 0.255 e. The van der Waals surface area contributed by atoms with Gasteiger partial charge in [-0.3, -0.25) is 4.79 Å². The summed E-state index contributed by atoms with van der Waals surface area (Å²) in [4.78, 5) is 10.6. The minimum absolute atomic E-state index is 0.614. The third-order valence-corrected chi connectivity index (χ3v) is 1.90. The second kappa shape index (κ2) is 4.39. The predicted octanol–water partition coefficient (Wildman–Crippen LogP) is 2.20. The second-order valence-corrected chi connectivity index (χ2v) is 3.44. The number of rotatable bonds is 2. The molecular formula is C8H7FINO. The largest absolute Gasteiger partial charge is 0.324 e. The van der Waals surface area contributed by atoms with Crippen LogP contribution in [0.4, 0.5) is 10.1 Å². The number of benzene rings is 1. The van der Waals surface area contributed by atoms with Crippen molar-refractivity contribution in [1.82, 2.24) is 0 Å². The zero-order valence-electron chi connectivity index (χ0n) is 6.18. The predicted molar refractivity (Wildman–Crippen MR) is 53.8 cm³/mol. The number of hydrogen-bond donors (Lipinski definition) is 1. The van der Waals surface area contributed by atoms with Crippen molar-refractivity contribution in [2.24, 2.45) is 0 Å². The summed E-state index contributed by atoms with van der Waals surface area (Å²) in [6.07, 6.45) is 0. The molecule has 0 spiro atoms. The van der Waals surface area contributed by atoms with Crippen molar-refractivity contribution in [1.29, 1.82) is 0 Å². The van der Waals surface area contributed by atoms with Gasteiger partial charge in [-0.1, -0.05) is 6.07 Å². The molecule has 0 aliphatic rings. The van der Waals surface area contributed by atoms with Crippen LogP contribution in [0.1, 0.15) is 0 Å². The first-order chi connectivity index (χ1) is 5.72. The van der Waals surface area contributed by atoms with Crippen molar-refractivity contribution in [2.45, 2.75) is 0 Å². The molecule has 1 amide bonds. The Hall–Kier alpha value is -0.650. The fourth-order valence-electron chi connectivity index (χ4n) is 0.761. The number of amides is 1. The van der Waals surface area contributed by atoms with Crippen molar-refractivity contribution in [3.8, 4) is 0 Å². The molecule has 0 heterocycles. The van der Waals surface area contributed by atoms with Gasteiger partial charge in [0.2, 0.25) is 0 Å². The van der Waals surface area contributed by atoms with Gasteiger partial charge in [-0.15, -0.1) is 0 Å². The Labute approximate surface area is 83.3 Å². The summed E-state index contributed by atoms with van der Waals surface area (Å²) < 4.78 is 12.8. The number of nitrogens with one attached hydrogen (secondary N) is 1. The van der Waals surface area contributed by atoms with E-state index in [9.17, 15) is 9.18 Å². The molecule has 4 heteroatoms. The molecular weight excluding hydrogens is 272 g/mol. The standard InChI is InChI=1S/C8H7FINO/c9-5-8(12)11-7-3-1-2-6(10)4-7/h1-4H,5H2,(H,11,12). The van der Waals surface area contributed by atoms with E-state index >= 15 is 0 Å². The Balaban J connectivity index is 2.69. The lowest BCUT2D eigenvalue weighted by atomic mass is 10.3. The molecule has 0 saturated heterocycles. The SMILES string of the molecule is O=C(CF)Nc1cccc(I)c1. The molecule has 0 aromatic heterocycles. The number of anilines is 1. The van der Waals surface area contributed by atoms with Gasteiger partial charge in [0.25, 0.3) is 5.91 Å². The molecule has 0 radical (unpaired) electrons. The fraction of sp³-hybridized carbons (Fsp3) is 0.125. The molecule has 1 aromatic carbocycles. The van der Waals surface area contributed by atoms with Crippen molar-refractivity contribution < 1.29 is 9.18 Å². The fourth-order valence-corrected chi connectivity index (χ4v) is 1.30. The van der Waals surface area contributed by atoms with Crippen LogP contribution < -0.4 is 5.32 Å². The molecule has 0 saturated carbocycles. The lowest BCUT2D eigenvalue weighted by molar-refractivity contribution is -0.117. The number of alkyl halides is 1. The van der Waals surface area contributed by atoms with Crippen LogP contribution in [-0.2, 0) is 4.79 Å². The lowest BCUT2D eigenvalue weighted by Crippen LogP contribution is -2.12. The quantitative estimate of drug-likeness (QED) is 0.826. The highest BCUT2D eigenvalue weighted by atomic mass is 127. The van der Waals surface area contributed by atoms with E-state index in [-0.39, 0.29) is 0 Å². The Kier molecular flexibility index (Phi) is 3.46. The molecule has 0 bridgehead atoms. The van der Waals surface area contributed by atoms with Gasteiger partial charge >= 0.3 is 0 Å². The van der Waals surface area contributed by atoms with Gasteiger partial charge < -0.3 is 5.32 Å². The van der Waals surface area contributed by atoms with Crippen LogP contribution in [-0.4, -0.2) is 12.6 Å². The van der Waals surface area contributed by atoms with Crippen LogP contribution in [0.15, 0.2) is 24.3 Å². The first kappa shape index (κ1) is 9.44. The lowest BCUT2D eigenvalue weighted by Gasteiger charge is -2.01. The molecule has 0 atom stereocenters. The Morgan fingerprint density at radius 1 is 1.58 bits per heavy atom. The van der Waals surface area contributed by atoms with Crippen molar-refractivity contribution in [2.75, 3.05) is 12.0 Å². The molecule has 0 fully saturated rings. The van der Waals surface area contributed by atoms with Crippen molar-refractivity contribution in [3.63, 3.8) is 0 Å². The van der Waals surface area contributed by atoms with E-state index in [4.69, 9.17) is 0 Å². The Morgan fingerprint density at radius 3 is 2.92 bits per heavy atom. The monoisotopic (exact) mass is 279 g/mol. The van der Waals surface area contributed by atoms with Crippen LogP contribution in [0.2, 0.25) is 0 Å². The third-order valence-electron chi connectivity index (χ3n) is 1.23. The Bertz CT molecular complexity index is 290. The van der Waals surface area contributed by atoms with Crippen LogP contribution in [0, 0.1) is 3.57 Å². The van der Waals surface area contributed by atoms with Crippen molar-refractivity contribution in [3.05, 3.63) is 27.8 Å². The zero-order valence-corrected chi connectivity index (χ0v) is 8.34. The van der Waals surface area contributed by atoms with Crippen LogP contribution in [0.25, 0.3) is 0 Å². The maximum absolute atomic E-state index is 11.8. The summed E-state index contributed by atoms with van der Waals surface area (Å²) in [5.74, 6) is -0.614. The number of hydrogen-bond acceptors (Lipinski definition) is 1. The topological polar surface area (TPSA) is 29.1 Å². The van der Waals surface area contributed by atoms with Crippen molar-refractivity contribution >= 4 is 34.2 Å². The number of halogens is 2. The summed E-state index contributed by atoms with van der Waals surface area (Å²) in [7, 11) is 0. The van der Waals surface area contributed by atoms with E-state index in [1.807, 2.05) is 6.07 Å². The molecule has 12 heavy (non-hydrogen) atoms. The zero-order chi connectivity index (χ0) is 8.97. The second-order valence-electron chi connectivity index (χ2n) is 2.19. The normalized spacial score (nSPS) is 9.50. The van der Waals surface area contributed by atoms with Gasteiger partial charge in [-0.2, -0.15) is 0 Å². The minimum Gasteiger partial charge on any atom is -0.324 e. The summed E-state index contributed by atoms with van der Waals surface area (Å²) in [5.41, 5.74) is 0.629. The molecule has 1 aromatic rings. The van der Waals surface area contributed by atoms with Gasteiger partial charge in [0.1, 0.15) is 0 Å². The molecule has 1 N–H and O–H groups in total. The molecule has 0 aliphatic heterocycles. The summed E-state index contributed by atoms with van der Waals surface area (Å²) in [6, 6.07) is 7.19. The van der Waals surface area contributed by atoms with E-state index < -0.39 is 12.6 Å². The van der Waals surface area contributed by atoms with E-state index in [2.05, 4.69) is 27.9 Å². The summed E-state index contributed by atoms with van der Waals surface area (Å²) >= 11 is 2.12. The molecule has 0 aliphatic carbocycles. The first-order valence-electron chi connectivity index (χ1n) is 3.34. The highest BCUT2D eigenvalue weighted by Crippen LogP contribution is 2.11. The average Bonchev–Trinajstić information content (AvgIpc) is 2.04. The van der Waals surface area contributed by atoms with E-state index in [0.717, 1.165) is 3.57 Å². The van der Waals surface area contributed by atoms with Gasteiger partial charge in [0, 0.05) is 9.26 Å². The third kappa shape index (κ3) is 2.77. The molecule has 64 valence electrons. The maximum atomic E-state index is 11.8. The van der Waals surface area contributed by atoms with Crippen LogP contribution in [0.3, 0.4) is 0 Å². The average molecular weight is 279 g/mol. The van der Waals surface area contributed by atoms with Gasteiger partial charge in [-0.05, 0) is 40.8 Å². The van der Waals surface area contributed by atoms with E-state index in [1.54, 1.807) is 18.2 Å². The number of carbonyl (C=O) groups is 1. The van der Waals surface area contributed by atoms with E-state index in [1.165, 1.54) is 0 Å². The minimum atomic E-state index is -0.981. The van der Waals surface area contributed by atoms with E-state index in [0.29, 0.717) is 5.69 Å². The first-order valence-corrected chi connectivity index (χ1v) is 4.41.